The van der Waals surface area contributed by atoms with Gasteiger partial charge in [-0.25, -0.2) is 4.39 Å². The van der Waals surface area contributed by atoms with Crippen LogP contribution in [0.4, 0.5) is 4.39 Å². The lowest BCUT2D eigenvalue weighted by molar-refractivity contribution is -0.126. The number of amides is 2. The van der Waals surface area contributed by atoms with Crippen molar-refractivity contribution in [1.29, 1.82) is 0 Å². The van der Waals surface area contributed by atoms with Gasteiger partial charge in [0.15, 0.2) is 11.6 Å². The summed E-state index contributed by atoms with van der Waals surface area (Å²) in [6, 6.07) is 11.9. The molecule has 144 valence electrons. The lowest BCUT2D eigenvalue weighted by Crippen LogP contribution is -2.36. The molecule has 0 saturated carbocycles. The average Bonchev–Trinajstić information content (AvgIpc) is 2.69. The molecule has 27 heavy (non-hydrogen) atoms. The van der Waals surface area contributed by atoms with E-state index in [-0.39, 0.29) is 30.5 Å². The maximum absolute atomic E-state index is 13.6. The second-order valence-electron chi connectivity index (χ2n) is 5.87. The van der Waals surface area contributed by atoms with E-state index in [1.165, 1.54) is 19.2 Å². The molecule has 0 heterocycles. The Balaban J connectivity index is 1.68. The summed E-state index contributed by atoms with van der Waals surface area (Å²) in [5, 5.41) is 5.28. The van der Waals surface area contributed by atoms with E-state index in [1.54, 1.807) is 13.2 Å². The summed E-state index contributed by atoms with van der Waals surface area (Å²) in [5.41, 5.74) is 1.62. The van der Waals surface area contributed by atoms with Gasteiger partial charge in [-0.05, 0) is 41.8 Å². The maximum Gasteiger partial charge on any atom is 0.239 e. The van der Waals surface area contributed by atoms with Crippen LogP contribution in [0.25, 0.3) is 0 Å². The third kappa shape index (κ3) is 6.62. The smallest absolute Gasteiger partial charge is 0.239 e. The fraction of sp³-hybridized carbons (Fsp3) is 0.300. The van der Waals surface area contributed by atoms with Gasteiger partial charge in [0, 0.05) is 13.0 Å². The van der Waals surface area contributed by atoms with Crippen LogP contribution in [0.1, 0.15) is 17.5 Å². The molecule has 2 amide bonds. The SMILES string of the molecule is COc1ccc(CNC(=O)CNC(=O)CCc2ccc(OC)c(F)c2)cc1. The minimum Gasteiger partial charge on any atom is -0.497 e. The Kier molecular flexibility index (Phi) is 7.61. The van der Waals surface area contributed by atoms with Crippen molar-refractivity contribution in [2.45, 2.75) is 19.4 Å². The minimum atomic E-state index is -0.465. The van der Waals surface area contributed by atoms with Crippen molar-refractivity contribution >= 4 is 11.8 Å². The molecule has 0 atom stereocenters. The van der Waals surface area contributed by atoms with E-state index < -0.39 is 5.82 Å². The van der Waals surface area contributed by atoms with E-state index in [4.69, 9.17) is 9.47 Å². The van der Waals surface area contributed by atoms with Crippen LogP contribution in [0.15, 0.2) is 42.5 Å². The van der Waals surface area contributed by atoms with Gasteiger partial charge in [-0.2, -0.15) is 0 Å². The van der Waals surface area contributed by atoms with E-state index in [0.717, 1.165) is 11.3 Å². The van der Waals surface area contributed by atoms with Crippen molar-refractivity contribution in [2.75, 3.05) is 20.8 Å². The molecule has 0 fully saturated rings. The van der Waals surface area contributed by atoms with Crippen molar-refractivity contribution in [1.82, 2.24) is 10.6 Å². The zero-order valence-corrected chi connectivity index (χ0v) is 15.4. The van der Waals surface area contributed by atoms with Gasteiger partial charge in [0.1, 0.15) is 5.75 Å². The number of hydrogen-bond donors (Lipinski definition) is 2. The number of benzene rings is 2. The van der Waals surface area contributed by atoms with E-state index in [2.05, 4.69) is 10.6 Å². The predicted molar refractivity (Wildman–Crippen MR) is 99.1 cm³/mol. The van der Waals surface area contributed by atoms with Crippen LogP contribution >= 0.6 is 0 Å². The fourth-order valence-corrected chi connectivity index (χ4v) is 2.40. The molecular formula is C20H23FN2O4. The summed E-state index contributed by atoms with van der Waals surface area (Å²) in [6.07, 6.45) is 0.539. The molecule has 0 bridgehead atoms. The molecule has 2 N–H and O–H groups in total. The number of hydrogen-bond acceptors (Lipinski definition) is 4. The Labute approximate surface area is 157 Å². The number of carbonyl (C=O) groups excluding carboxylic acids is 2. The largest absolute Gasteiger partial charge is 0.497 e. The van der Waals surface area contributed by atoms with Crippen LogP contribution in [-0.2, 0) is 22.6 Å². The zero-order chi connectivity index (χ0) is 19.6. The average molecular weight is 374 g/mol. The molecule has 0 saturated heterocycles. The Morgan fingerprint density at radius 1 is 0.926 bits per heavy atom. The number of rotatable bonds is 9. The van der Waals surface area contributed by atoms with Crippen molar-refractivity contribution in [3.63, 3.8) is 0 Å². The van der Waals surface area contributed by atoms with E-state index in [1.807, 2.05) is 24.3 Å². The maximum atomic E-state index is 13.6. The van der Waals surface area contributed by atoms with Gasteiger partial charge in [0.2, 0.25) is 11.8 Å². The lowest BCUT2D eigenvalue weighted by Gasteiger charge is -2.08. The van der Waals surface area contributed by atoms with Crippen LogP contribution < -0.4 is 20.1 Å². The topological polar surface area (TPSA) is 76.7 Å². The number of halogens is 1. The van der Waals surface area contributed by atoms with Crippen molar-refractivity contribution in [3.8, 4) is 11.5 Å². The van der Waals surface area contributed by atoms with Gasteiger partial charge < -0.3 is 20.1 Å². The fourth-order valence-electron chi connectivity index (χ4n) is 2.40. The minimum absolute atomic E-state index is 0.105. The standard InChI is InChI=1S/C20H23FN2O4/c1-26-16-7-3-15(4-8-16)12-22-20(25)13-23-19(24)10-6-14-5-9-18(27-2)17(21)11-14/h3-5,7-9,11H,6,10,12-13H2,1-2H3,(H,22,25)(H,23,24). The van der Waals surface area contributed by atoms with Gasteiger partial charge in [0.25, 0.3) is 0 Å². The third-order valence-corrected chi connectivity index (χ3v) is 3.95. The zero-order valence-electron chi connectivity index (χ0n) is 15.4. The first-order valence-electron chi connectivity index (χ1n) is 8.50. The summed E-state index contributed by atoms with van der Waals surface area (Å²) >= 11 is 0. The molecule has 0 spiro atoms. The molecule has 2 aromatic carbocycles. The summed E-state index contributed by atoms with van der Waals surface area (Å²) in [4.78, 5) is 23.7. The highest BCUT2D eigenvalue weighted by atomic mass is 19.1. The first-order valence-corrected chi connectivity index (χ1v) is 8.50. The molecule has 7 heteroatoms. The summed E-state index contributed by atoms with van der Waals surface area (Å²) in [7, 11) is 2.98. The first kappa shape index (κ1) is 20.2. The molecule has 6 nitrogen and oxygen atoms in total. The number of methoxy groups -OCH3 is 2. The number of ether oxygens (including phenoxy) is 2. The molecule has 0 aliphatic carbocycles. The Bertz CT molecular complexity index is 778. The Morgan fingerprint density at radius 2 is 1.63 bits per heavy atom. The molecule has 2 aromatic rings. The summed E-state index contributed by atoms with van der Waals surface area (Å²) < 4.78 is 23.5. The highest BCUT2D eigenvalue weighted by Crippen LogP contribution is 2.18. The molecule has 0 radical (unpaired) electrons. The van der Waals surface area contributed by atoms with Gasteiger partial charge in [-0.3, -0.25) is 9.59 Å². The lowest BCUT2D eigenvalue weighted by atomic mass is 10.1. The highest BCUT2D eigenvalue weighted by molar-refractivity contribution is 5.84. The van der Waals surface area contributed by atoms with Crippen LogP contribution in [0.2, 0.25) is 0 Å². The highest BCUT2D eigenvalue weighted by Gasteiger charge is 2.08. The van der Waals surface area contributed by atoms with Gasteiger partial charge in [-0.1, -0.05) is 18.2 Å². The predicted octanol–water partition coefficient (Wildman–Crippen LogP) is 2.21. The summed E-state index contributed by atoms with van der Waals surface area (Å²) in [6.45, 7) is 0.260. The van der Waals surface area contributed by atoms with Crippen LogP contribution in [-0.4, -0.2) is 32.6 Å². The Morgan fingerprint density at radius 3 is 2.26 bits per heavy atom. The van der Waals surface area contributed by atoms with Gasteiger partial charge >= 0.3 is 0 Å². The monoisotopic (exact) mass is 374 g/mol. The molecular weight excluding hydrogens is 351 g/mol. The van der Waals surface area contributed by atoms with E-state index in [0.29, 0.717) is 18.5 Å². The van der Waals surface area contributed by atoms with Crippen LogP contribution in [0.3, 0.4) is 0 Å². The molecule has 0 unspecified atom stereocenters. The van der Waals surface area contributed by atoms with Crippen molar-refractivity contribution in [3.05, 3.63) is 59.4 Å². The Hall–Kier alpha value is -3.09. The second-order valence-corrected chi connectivity index (χ2v) is 5.87. The molecule has 0 aliphatic heterocycles. The molecule has 0 aliphatic rings. The second kappa shape index (κ2) is 10.2. The number of aryl methyl sites for hydroxylation is 1. The van der Waals surface area contributed by atoms with E-state index >= 15 is 0 Å². The van der Waals surface area contributed by atoms with Gasteiger partial charge in [-0.15, -0.1) is 0 Å². The first-order chi connectivity index (χ1) is 13.0. The molecule has 2 rings (SSSR count). The van der Waals surface area contributed by atoms with Crippen LogP contribution in [0, 0.1) is 5.82 Å². The van der Waals surface area contributed by atoms with Crippen molar-refractivity contribution in [2.24, 2.45) is 0 Å². The summed E-state index contributed by atoms with van der Waals surface area (Å²) in [5.74, 6) is -0.111. The van der Waals surface area contributed by atoms with E-state index in [9.17, 15) is 14.0 Å². The normalized spacial score (nSPS) is 10.2. The quantitative estimate of drug-likeness (QED) is 0.706. The molecule has 0 aromatic heterocycles. The van der Waals surface area contributed by atoms with Gasteiger partial charge in [0.05, 0.1) is 20.8 Å². The van der Waals surface area contributed by atoms with Crippen LogP contribution in [0.5, 0.6) is 11.5 Å². The third-order valence-electron chi connectivity index (χ3n) is 3.95. The number of nitrogens with one attached hydrogen (secondary N) is 2. The van der Waals surface area contributed by atoms with Crippen molar-refractivity contribution < 1.29 is 23.5 Å². The number of carbonyl (C=O) groups is 2.